The SMILES string of the molecule is CCc1cccc(C)c1NC(=O)CN1C(=O)C(C)SC1=S. The average molecular weight is 322 g/mol. The monoisotopic (exact) mass is 322 g/mol. The second kappa shape index (κ2) is 6.58. The Bertz CT molecular complexity index is 601. The van der Waals surface area contributed by atoms with E-state index in [2.05, 4.69) is 5.32 Å². The standard InChI is InChI=1S/C15H18N2O2S2/c1-4-11-7-5-6-9(2)13(11)16-12(18)8-17-14(19)10(3)21-15(17)20/h5-7,10H,4,8H2,1-3H3,(H,16,18). The van der Waals surface area contributed by atoms with E-state index in [9.17, 15) is 9.59 Å². The summed E-state index contributed by atoms with van der Waals surface area (Å²) in [7, 11) is 0. The van der Waals surface area contributed by atoms with Gasteiger partial charge in [-0.05, 0) is 31.4 Å². The molecular formula is C15H18N2O2S2. The number of nitrogens with zero attached hydrogens (tertiary/aromatic N) is 1. The molecule has 0 aliphatic carbocycles. The molecule has 2 rings (SSSR count). The molecule has 1 aromatic rings. The first-order valence-electron chi connectivity index (χ1n) is 6.84. The topological polar surface area (TPSA) is 49.4 Å². The van der Waals surface area contributed by atoms with Crippen LogP contribution >= 0.6 is 24.0 Å². The van der Waals surface area contributed by atoms with Crippen LogP contribution in [0.25, 0.3) is 0 Å². The number of amides is 2. The first-order valence-corrected chi connectivity index (χ1v) is 8.13. The first kappa shape index (κ1) is 16.0. The normalized spacial score (nSPS) is 18.2. The number of rotatable bonds is 4. The van der Waals surface area contributed by atoms with Crippen molar-refractivity contribution in [1.82, 2.24) is 4.90 Å². The second-order valence-corrected chi connectivity index (χ2v) is 6.94. The first-order chi connectivity index (χ1) is 9.93. The van der Waals surface area contributed by atoms with Crippen LogP contribution in [0.4, 0.5) is 5.69 Å². The number of aryl methyl sites for hydroxylation is 2. The Morgan fingerprint density at radius 1 is 1.48 bits per heavy atom. The number of thiocarbonyl (C=S) groups is 1. The van der Waals surface area contributed by atoms with Crippen molar-refractivity contribution < 1.29 is 9.59 Å². The number of carbonyl (C=O) groups excluding carboxylic acids is 2. The summed E-state index contributed by atoms with van der Waals surface area (Å²) in [6, 6.07) is 5.92. The van der Waals surface area contributed by atoms with Crippen LogP contribution < -0.4 is 5.32 Å². The molecule has 1 fully saturated rings. The summed E-state index contributed by atoms with van der Waals surface area (Å²) in [5, 5.41) is 2.71. The molecule has 1 heterocycles. The Hall–Kier alpha value is -1.40. The van der Waals surface area contributed by atoms with Crippen LogP contribution in [-0.2, 0) is 16.0 Å². The van der Waals surface area contributed by atoms with Crippen LogP contribution in [0, 0.1) is 6.92 Å². The molecule has 0 saturated carbocycles. The van der Waals surface area contributed by atoms with Gasteiger partial charge in [-0.25, -0.2) is 0 Å². The minimum absolute atomic E-state index is 0.0213. The van der Waals surface area contributed by atoms with Crippen LogP contribution in [0.5, 0.6) is 0 Å². The van der Waals surface area contributed by atoms with Gasteiger partial charge in [-0.3, -0.25) is 14.5 Å². The highest BCUT2D eigenvalue weighted by molar-refractivity contribution is 8.24. The highest BCUT2D eigenvalue weighted by Gasteiger charge is 2.34. The number of benzene rings is 1. The molecule has 0 aromatic heterocycles. The molecule has 1 aliphatic rings. The predicted molar refractivity (Wildman–Crippen MR) is 90.6 cm³/mol. The van der Waals surface area contributed by atoms with Crippen LogP contribution in [0.1, 0.15) is 25.0 Å². The van der Waals surface area contributed by atoms with E-state index < -0.39 is 0 Å². The van der Waals surface area contributed by atoms with Crippen LogP contribution in [0.3, 0.4) is 0 Å². The fraction of sp³-hybridized carbons (Fsp3) is 0.400. The van der Waals surface area contributed by atoms with E-state index in [1.807, 2.05) is 32.0 Å². The molecule has 21 heavy (non-hydrogen) atoms. The molecule has 1 aliphatic heterocycles. The van der Waals surface area contributed by atoms with Gasteiger partial charge in [-0.15, -0.1) is 0 Å². The molecule has 0 bridgehead atoms. The number of nitrogens with one attached hydrogen (secondary N) is 1. The Morgan fingerprint density at radius 3 is 2.76 bits per heavy atom. The minimum atomic E-state index is -0.218. The van der Waals surface area contributed by atoms with E-state index in [1.54, 1.807) is 6.92 Å². The van der Waals surface area contributed by atoms with Gasteiger partial charge in [0.1, 0.15) is 10.9 Å². The highest BCUT2D eigenvalue weighted by atomic mass is 32.2. The van der Waals surface area contributed by atoms with Gasteiger partial charge in [0, 0.05) is 5.69 Å². The molecule has 1 atom stereocenters. The zero-order valence-electron chi connectivity index (χ0n) is 12.3. The maximum absolute atomic E-state index is 12.2. The molecule has 1 saturated heterocycles. The molecule has 1 unspecified atom stereocenters. The van der Waals surface area contributed by atoms with Gasteiger partial charge in [-0.1, -0.05) is 49.1 Å². The van der Waals surface area contributed by atoms with E-state index in [4.69, 9.17) is 12.2 Å². The number of hydrogen-bond donors (Lipinski definition) is 1. The third-order valence-electron chi connectivity index (χ3n) is 3.42. The van der Waals surface area contributed by atoms with Crippen molar-refractivity contribution in [2.75, 3.05) is 11.9 Å². The molecule has 0 radical (unpaired) electrons. The Labute approximate surface area is 134 Å². The molecular weight excluding hydrogens is 304 g/mol. The quantitative estimate of drug-likeness (QED) is 0.866. The molecule has 6 heteroatoms. The van der Waals surface area contributed by atoms with Gasteiger partial charge in [0.2, 0.25) is 11.8 Å². The van der Waals surface area contributed by atoms with E-state index >= 15 is 0 Å². The number of anilines is 1. The lowest BCUT2D eigenvalue weighted by molar-refractivity contribution is -0.129. The van der Waals surface area contributed by atoms with Crippen LogP contribution in [-0.4, -0.2) is 32.8 Å². The van der Waals surface area contributed by atoms with Gasteiger partial charge in [-0.2, -0.15) is 0 Å². The molecule has 112 valence electrons. The number of para-hydroxylation sites is 1. The molecule has 2 amide bonds. The predicted octanol–water partition coefficient (Wildman–Crippen LogP) is 2.74. The summed E-state index contributed by atoms with van der Waals surface area (Å²) < 4.78 is 0.475. The Morgan fingerprint density at radius 2 is 2.19 bits per heavy atom. The summed E-state index contributed by atoms with van der Waals surface area (Å²) in [6.45, 7) is 5.78. The van der Waals surface area contributed by atoms with Gasteiger partial charge >= 0.3 is 0 Å². The van der Waals surface area contributed by atoms with Crippen molar-refractivity contribution in [2.45, 2.75) is 32.4 Å². The molecule has 1 aromatic carbocycles. The number of carbonyl (C=O) groups is 2. The molecule has 1 N–H and O–H groups in total. The van der Waals surface area contributed by atoms with Crippen molar-refractivity contribution in [2.24, 2.45) is 0 Å². The third kappa shape index (κ3) is 3.44. The fourth-order valence-corrected chi connectivity index (χ4v) is 3.64. The lowest BCUT2D eigenvalue weighted by atomic mass is 10.1. The van der Waals surface area contributed by atoms with E-state index in [1.165, 1.54) is 16.7 Å². The minimum Gasteiger partial charge on any atom is -0.324 e. The van der Waals surface area contributed by atoms with E-state index in [0.29, 0.717) is 4.32 Å². The van der Waals surface area contributed by atoms with Crippen molar-refractivity contribution >= 4 is 45.8 Å². The van der Waals surface area contributed by atoms with E-state index in [0.717, 1.165) is 23.2 Å². The zero-order chi connectivity index (χ0) is 15.6. The second-order valence-electron chi connectivity index (χ2n) is 4.96. The number of hydrogen-bond acceptors (Lipinski definition) is 4. The highest BCUT2D eigenvalue weighted by Crippen LogP contribution is 2.27. The number of thioether (sulfide) groups is 1. The van der Waals surface area contributed by atoms with Crippen molar-refractivity contribution in [1.29, 1.82) is 0 Å². The lowest BCUT2D eigenvalue weighted by Crippen LogP contribution is -2.37. The van der Waals surface area contributed by atoms with Crippen molar-refractivity contribution in [3.63, 3.8) is 0 Å². The smallest absolute Gasteiger partial charge is 0.244 e. The van der Waals surface area contributed by atoms with Gasteiger partial charge in [0.15, 0.2) is 0 Å². The Kier molecular flexibility index (Phi) is 5.00. The Balaban J connectivity index is 2.09. The molecule has 0 spiro atoms. The van der Waals surface area contributed by atoms with Crippen molar-refractivity contribution in [3.05, 3.63) is 29.3 Å². The van der Waals surface area contributed by atoms with Gasteiger partial charge in [0.05, 0.1) is 5.25 Å². The maximum Gasteiger partial charge on any atom is 0.244 e. The average Bonchev–Trinajstić information content (AvgIpc) is 2.67. The maximum atomic E-state index is 12.2. The van der Waals surface area contributed by atoms with E-state index in [-0.39, 0.29) is 23.6 Å². The fourth-order valence-electron chi connectivity index (χ4n) is 2.24. The summed E-state index contributed by atoms with van der Waals surface area (Å²) >= 11 is 6.46. The summed E-state index contributed by atoms with van der Waals surface area (Å²) in [5.74, 6) is -0.315. The molecule has 4 nitrogen and oxygen atoms in total. The van der Waals surface area contributed by atoms with Crippen LogP contribution in [0.2, 0.25) is 0 Å². The van der Waals surface area contributed by atoms with Crippen molar-refractivity contribution in [3.8, 4) is 0 Å². The third-order valence-corrected chi connectivity index (χ3v) is 4.90. The van der Waals surface area contributed by atoms with Crippen LogP contribution in [0.15, 0.2) is 18.2 Å². The van der Waals surface area contributed by atoms with Gasteiger partial charge in [0.25, 0.3) is 0 Å². The zero-order valence-corrected chi connectivity index (χ0v) is 13.9. The largest absolute Gasteiger partial charge is 0.324 e. The summed E-state index contributed by atoms with van der Waals surface area (Å²) in [4.78, 5) is 25.5. The van der Waals surface area contributed by atoms with Gasteiger partial charge < -0.3 is 5.32 Å². The summed E-state index contributed by atoms with van der Waals surface area (Å²) in [6.07, 6.45) is 0.839. The lowest BCUT2D eigenvalue weighted by Gasteiger charge is -2.17. The summed E-state index contributed by atoms with van der Waals surface area (Å²) in [5.41, 5.74) is 2.94.